The molecule has 0 rings (SSSR count). The van der Waals surface area contributed by atoms with Crippen molar-refractivity contribution in [2.45, 2.75) is 46.0 Å². The van der Waals surface area contributed by atoms with Crippen LogP contribution in [-0.2, 0) is 0 Å². The molecule has 0 aliphatic rings. The molecule has 96 valence electrons. The first kappa shape index (κ1) is 15.7. The molecule has 0 saturated carbocycles. The number of hydrogen-bond acceptors (Lipinski definition) is 2. The lowest BCUT2D eigenvalue weighted by Crippen LogP contribution is -2.32. The van der Waals surface area contributed by atoms with Crippen LogP contribution in [0.2, 0.25) is 0 Å². The van der Waals surface area contributed by atoms with Crippen molar-refractivity contribution >= 4 is 0 Å². The van der Waals surface area contributed by atoms with Crippen LogP contribution in [0, 0.1) is 0 Å². The monoisotopic (exact) mass is 226 g/mol. The lowest BCUT2D eigenvalue weighted by molar-refractivity contribution is 0.287. The molecular weight excluding hydrogens is 196 g/mol. The summed E-state index contributed by atoms with van der Waals surface area (Å²) < 4.78 is 0. The molecule has 16 heavy (non-hydrogen) atoms. The molecule has 0 aliphatic carbocycles. The highest BCUT2D eigenvalue weighted by Crippen LogP contribution is 1.98. The normalized spacial score (nSPS) is 10.9. The minimum Gasteiger partial charge on any atom is -0.315 e. The van der Waals surface area contributed by atoms with Crippen LogP contribution in [0.4, 0.5) is 0 Å². The Balaban J connectivity index is 3.15. The van der Waals surface area contributed by atoms with Gasteiger partial charge in [0, 0.05) is 13.1 Å². The van der Waals surface area contributed by atoms with E-state index in [-0.39, 0.29) is 0 Å². The fourth-order valence-electron chi connectivity index (χ4n) is 1.82. The smallest absolute Gasteiger partial charge is 0.0107 e. The molecule has 2 heteroatoms. The van der Waals surface area contributed by atoms with Crippen LogP contribution in [-0.4, -0.2) is 37.6 Å². The SMILES string of the molecule is C=CCCCCCNCCN(CC)CCC. The molecule has 0 fully saturated rings. The summed E-state index contributed by atoms with van der Waals surface area (Å²) >= 11 is 0. The van der Waals surface area contributed by atoms with E-state index in [0.717, 1.165) is 6.54 Å². The van der Waals surface area contributed by atoms with Crippen LogP contribution in [0.1, 0.15) is 46.0 Å². The molecule has 0 spiro atoms. The van der Waals surface area contributed by atoms with Gasteiger partial charge in [0.1, 0.15) is 0 Å². The lowest BCUT2D eigenvalue weighted by Gasteiger charge is -2.19. The number of unbranched alkanes of at least 4 members (excludes halogenated alkanes) is 3. The van der Waals surface area contributed by atoms with Crippen LogP contribution < -0.4 is 5.32 Å². The second-order valence-electron chi connectivity index (χ2n) is 4.32. The lowest BCUT2D eigenvalue weighted by atomic mass is 10.2. The van der Waals surface area contributed by atoms with Gasteiger partial charge in [-0.25, -0.2) is 0 Å². The van der Waals surface area contributed by atoms with Gasteiger partial charge in [-0.1, -0.05) is 26.3 Å². The fourth-order valence-corrected chi connectivity index (χ4v) is 1.82. The van der Waals surface area contributed by atoms with Crippen molar-refractivity contribution < 1.29 is 0 Å². The third kappa shape index (κ3) is 10.2. The predicted octanol–water partition coefficient (Wildman–Crippen LogP) is 3.05. The minimum absolute atomic E-state index is 1.13. The molecule has 0 aromatic rings. The summed E-state index contributed by atoms with van der Waals surface area (Å²) in [6, 6.07) is 0. The van der Waals surface area contributed by atoms with Crippen LogP contribution in [0.3, 0.4) is 0 Å². The number of allylic oxidation sites excluding steroid dienone is 1. The molecule has 0 aliphatic heterocycles. The zero-order chi connectivity index (χ0) is 12.1. The first-order valence-corrected chi connectivity index (χ1v) is 6.89. The summed E-state index contributed by atoms with van der Waals surface area (Å²) in [5, 5.41) is 3.52. The van der Waals surface area contributed by atoms with Gasteiger partial charge in [-0.15, -0.1) is 6.58 Å². The number of nitrogens with zero attached hydrogens (tertiary/aromatic N) is 1. The summed E-state index contributed by atoms with van der Waals surface area (Å²) in [6.45, 7) is 14.1. The molecule has 0 saturated heterocycles. The van der Waals surface area contributed by atoms with Crippen molar-refractivity contribution in [2.24, 2.45) is 0 Å². The van der Waals surface area contributed by atoms with Crippen LogP contribution in [0.5, 0.6) is 0 Å². The number of hydrogen-bond donors (Lipinski definition) is 1. The second-order valence-corrected chi connectivity index (χ2v) is 4.32. The molecule has 0 amide bonds. The largest absolute Gasteiger partial charge is 0.315 e. The summed E-state index contributed by atoms with van der Waals surface area (Å²) in [6.07, 6.45) is 8.36. The van der Waals surface area contributed by atoms with Crippen molar-refractivity contribution in [3.05, 3.63) is 12.7 Å². The van der Waals surface area contributed by atoms with Gasteiger partial charge < -0.3 is 10.2 Å². The standard InChI is InChI=1S/C14H30N2/c1-4-7-8-9-10-11-15-12-14-16(6-3)13-5-2/h4,15H,1,5-14H2,2-3H3. The Bertz CT molecular complexity index is 146. The highest BCUT2D eigenvalue weighted by atomic mass is 15.1. The van der Waals surface area contributed by atoms with Gasteiger partial charge in [0.05, 0.1) is 0 Å². The molecule has 0 aromatic carbocycles. The van der Waals surface area contributed by atoms with Crippen LogP contribution in [0.15, 0.2) is 12.7 Å². The Labute approximate surface area is 102 Å². The Morgan fingerprint density at radius 2 is 1.88 bits per heavy atom. The van der Waals surface area contributed by atoms with Crippen molar-refractivity contribution in [3.8, 4) is 0 Å². The Morgan fingerprint density at radius 1 is 1.06 bits per heavy atom. The van der Waals surface area contributed by atoms with E-state index in [2.05, 4.69) is 30.6 Å². The topological polar surface area (TPSA) is 15.3 Å². The summed E-state index contributed by atoms with van der Waals surface area (Å²) in [7, 11) is 0. The zero-order valence-corrected chi connectivity index (χ0v) is 11.3. The van der Waals surface area contributed by atoms with E-state index in [0.29, 0.717) is 0 Å². The molecule has 2 nitrogen and oxygen atoms in total. The quantitative estimate of drug-likeness (QED) is 0.406. The number of nitrogens with one attached hydrogen (secondary N) is 1. The van der Waals surface area contributed by atoms with Gasteiger partial charge >= 0.3 is 0 Å². The van der Waals surface area contributed by atoms with E-state index in [1.165, 1.54) is 58.3 Å². The third-order valence-corrected chi connectivity index (χ3v) is 2.85. The van der Waals surface area contributed by atoms with Gasteiger partial charge in [0.25, 0.3) is 0 Å². The summed E-state index contributed by atoms with van der Waals surface area (Å²) in [5.41, 5.74) is 0. The van der Waals surface area contributed by atoms with E-state index in [4.69, 9.17) is 0 Å². The van der Waals surface area contributed by atoms with E-state index >= 15 is 0 Å². The average Bonchev–Trinajstić information content (AvgIpc) is 2.31. The number of rotatable bonds is 12. The van der Waals surface area contributed by atoms with Crippen LogP contribution in [0.25, 0.3) is 0 Å². The van der Waals surface area contributed by atoms with Crippen molar-refractivity contribution in [2.75, 3.05) is 32.7 Å². The van der Waals surface area contributed by atoms with E-state index in [1.807, 2.05) is 6.08 Å². The van der Waals surface area contributed by atoms with Gasteiger partial charge in [0.15, 0.2) is 0 Å². The Kier molecular flexibility index (Phi) is 12.5. The van der Waals surface area contributed by atoms with Crippen molar-refractivity contribution in [3.63, 3.8) is 0 Å². The maximum absolute atomic E-state index is 3.73. The molecule has 0 heterocycles. The molecule has 0 aromatic heterocycles. The first-order valence-electron chi connectivity index (χ1n) is 6.89. The molecule has 0 unspecified atom stereocenters. The minimum atomic E-state index is 1.13. The van der Waals surface area contributed by atoms with Crippen molar-refractivity contribution in [1.29, 1.82) is 0 Å². The zero-order valence-electron chi connectivity index (χ0n) is 11.3. The van der Waals surface area contributed by atoms with E-state index in [9.17, 15) is 0 Å². The number of likely N-dealkylation sites (N-methyl/N-ethyl adjacent to an activating group) is 1. The molecular formula is C14H30N2. The highest BCUT2D eigenvalue weighted by molar-refractivity contribution is 4.65. The molecule has 0 bridgehead atoms. The maximum atomic E-state index is 3.73. The van der Waals surface area contributed by atoms with Gasteiger partial charge in [-0.05, 0) is 45.3 Å². The van der Waals surface area contributed by atoms with E-state index in [1.54, 1.807) is 0 Å². The molecule has 0 atom stereocenters. The van der Waals surface area contributed by atoms with Crippen LogP contribution >= 0.6 is 0 Å². The highest BCUT2D eigenvalue weighted by Gasteiger charge is 1.98. The third-order valence-electron chi connectivity index (χ3n) is 2.85. The van der Waals surface area contributed by atoms with Gasteiger partial charge in [0.2, 0.25) is 0 Å². The average molecular weight is 226 g/mol. The molecule has 1 N–H and O–H groups in total. The maximum Gasteiger partial charge on any atom is 0.0107 e. The van der Waals surface area contributed by atoms with E-state index < -0.39 is 0 Å². The van der Waals surface area contributed by atoms with Gasteiger partial charge in [-0.3, -0.25) is 0 Å². The Morgan fingerprint density at radius 3 is 2.50 bits per heavy atom. The second kappa shape index (κ2) is 12.7. The van der Waals surface area contributed by atoms with Crippen molar-refractivity contribution in [1.82, 2.24) is 10.2 Å². The van der Waals surface area contributed by atoms with Gasteiger partial charge in [-0.2, -0.15) is 0 Å². The summed E-state index contributed by atoms with van der Waals surface area (Å²) in [4.78, 5) is 2.50. The fraction of sp³-hybridized carbons (Fsp3) is 0.857. The summed E-state index contributed by atoms with van der Waals surface area (Å²) in [5.74, 6) is 0. The predicted molar refractivity (Wildman–Crippen MR) is 73.9 cm³/mol. The molecule has 0 radical (unpaired) electrons. The Hall–Kier alpha value is -0.340. The first-order chi connectivity index (χ1) is 7.85.